The normalized spacial score (nSPS) is 11.4. The van der Waals surface area contributed by atoms with Crippen molar-refractivity contribution in [2.24, 2.45) is 0 Å². The Labute approximate surface area is 179 Å². The number of hydrogen-bond donors (Lipinski definition) is 2. The van der Waals surface area contributed by atoms with Crippen LogP contribution in [-0.4, -0.2) is 24.1 Å². The molecule has 0 fully saturated rings. The molecule has 1 amide bonds. The number of nitrogens with one attached hydrogen (secondary N) is 1. The Morgan fingerprint density at radius 1 is 1.03 bits per heavy atom. The van der Waals surface area contributed by atoms with Gasteiger partial charge in [-0.1, -0.05) is 54.1 Å². The minimum Gasteiger partial charge on any atom is -0.495 e. The van der Waals surface area contributed by atoms with Crippen molar-refractivity contribution >= 4 is 29.2 Å². The lowest BCUT2D eigenvalue weighted by Crippen LogP contribution is -2.26. The predicted molar refractivity (Wildman–Crippen MR) is 114 cm³/mol. The SMILES string of the molecule is COc1ccc(NC(=O)C(OC(=O)c2ccc(CO)cc2)c2ccccc2)cc1Cl. The summed E-state index contributed by atoms with van der Waals surface area (Å²) >= 11 is 6.12. The van der Waals surface area contributed by atoms with Crippen LogP contribution in [0.2, 0.25) is 5.02 Å². The molecule has 0 radical (unpaired) electrons. The minimum atomic E-state index is -1.17. The standard InChI is InChI=1S/C23H20ClNO5/c1-29-20-12-11-18(13-19(20)24)25-22(27)21(16-5-3-2-4-6-16)30-23(28)17-9-7-15(14-26)8-10-17/h2-13,21,26H,14H2,1H3,(H,25,27). The molecule has 6 nitrogen and oxygen atoms in total. The van der Waals surface area contributed by atoms with Crippen LogP contribution >= 0.6 is 11.6 Å². The van der Waals surface area contributed by atoms with Gasteiger partial charge in [-0.15, -0.1) is 0 Å². The van der Waals surface area contributed by atoms with Gasteiger partial charge < -0.3 is 19.9 Å². The fourth-order valence-corrected chi connectivity index (χ4v) is 3.03. The zero-order chi connectivity index (χ0) is 21.5. The molecule has 0 saturated heterocycles. The summed E-state index contributed by atoms with van der Waals surface area (Å²) < 4.78 is 10.6. The van der Waals surface area contributed by atoms with Gasteiger partial charge in [0.25, 0.3) is 5.91 Å². The van der Waals surface area contributed by atoms with Gasteiger partial charge in [-0.05, 0) is 35.9 Å². The van der Waals surface area contributed by atoms with Crippen molar-refractivity contribution in [2.75, 3.05) is 12.4 Å². The lowest BCUT2D eigenvalue weighted by molar-refractivity contribution is -0.125. The molecule has 0 aliphatic heterocycles. The summed E-state index contributed by atoms with van der Waals surface area (Å²) in [5.41, 5.74) is 1.90. The molecule has 3 aromatic rings. The van der Waals surface area contributed by atoms with E-state index in [1.54, 1.807) is 60.7 Å². The first-order valence-electron chi connectivity index (χ1n) is 9.12. The summed E-state index contributed by atoms with van der Waals surface area (Å²) in [6, 6.07) is 19.8. The summed E-state index contributed by atoms with van der Waals surface area (Å²) in [6.45, 7) is -0.130. The molecule has 7 heteroatoms. The van der Waals surface area contributed by atoms with Crippen LogP contribution in [0.4, 0.5) is 5.69 Å². The summed E-state index contributed by atoms with van der Waals surface area (Å²) in [4.78, 5) is 25.6. The van der Waals surface area contributed by atoms with Crippen LogP contribution in [0.25, 0.3) is 0 Å². The summed E-state index contributed by atoms with van der Waals surface area (Å²) in [7, 11) is 1.50. The van der Waals surface area contributed by atoms with Crippen LogP contribution < -0.4 is 10.1 Å². The highest BCUT2D eigenvalue weighted by Gasteiger charge is 2.26. The number of esters is 1. The average Bonchev–Trinajstić information content (AvgIpc) is 2.78. The Bertz CT molecular complexity index is 1020. The molecule has 0 aliphatic carbocycles. The number of rotatable bonds is 7. The number of methoxy groups -OCH3 is 1. The number of aliphatic hydroxyl groups is 1. The number of halogens is 1. The number of benzene rings is 3. The zero-order valence-corrected chi connectivity index (χ0v) is 16.9. The first-order valence-corrected chi connectivity index (χ1v) is 9.49. The molecule has 3 aromatic carbocycles. The third-order valence-corrected chi connectivity index (χ3v) is 4.65. The maximum absolute atomic E-state index is 13.0. The molecule has 3 rings (SSSR count). The predicted octanol–water partition coefficient (Wildman–Crippen LogP) is 4.38. The molecule has 1 atom stereocenters. The Balaban J connectivity index is 1.82. The largest absolute Gasteiger partial charge is 0.495 e. The Morgan fingerprint density at radius 3 is 2.33 bits per heavy atom. The van der Waals surface area contributed by atoms with Crippen LogP contribution in [0.1, 0.15) is 27.6 Å². The van der Waals surface area contributed by atoms with Gasteiger partial charge in [0.05, 0.1) is 24.3 Å². The van der Waals surface area contributed by atoms with E-state index < -0.39 is 18.0 Å². The van der Waals surface area contributed by atoms with Gasteiger partial charge in [-0.2, -0.15) is 0 Å². The molecule has 154 valence electrons. The van der Waals surface area contributed by atoms with E-state index in [4.69, 9.17) is 26.2 Å². The zero-order valence-electron chi connectivity index (χ0n) is 16.2. The van der Waals surface area contributed by atoms with Gasteiger partial charge in [0.2, 0.25) is 6.10 Å². The number of ether oxygens (including phenoxy) is 2. The molecule has 0 heterocycles. The molecular weight excluding hydrogens is 406 g/mol. The lowest BCUT2D eigenvalue weighted by Gasteiger charge is -2.18. The van der Waals surface area contributed by atoms with Gasteiger partial charge in [0.15, 0.2) is 0 Å². The number of anilines is 1. The second-order valence-corrected chi connectivity index (χ2v) is 6.80. The van der Waals surface area contributed by atoms with E-state index in [1.165, 1.54) is 19.2 Å². The molecule has 0 spiro atoms. The second kappa shape index (κ2) is 9.91. The summed E-state index contributed by atoms with van der Waals surface area (Å²) in [6.07, 6.45) is -1.17. The van der Waals surface area contributed by atoms with E-state index >= 15 is 0 Å². The van der Waals surface area contributed by atoms with E-state index in [0.29, 0.717) is 27.6 Å². The second-order valence-electron chi connectivity index (χ2n) is 6.39. The van der Waals surface area contributed by atoms with Crippen molar-refractivity contribution in [3.8, 4) is 5.75 Å². The van der Waals surface area contributed by atoms with Gasteiger partial charge >= 0.3 is 5.97 Å². The van der Waals surface area contributed by atoms with Gasteiger partial charge in [0.1, 0.15) is 5.75 Å². The molecule has 0 bridgehead atoms. The highest BCUT2D eigenvalue weighted by molar-refractivity contribution is 6.32. The number of carbonyl (C=O) groups excluding carboxylic acids is 2. The van der Waals surface area contributed by atoms with Gasteiger partial charge in [-0.3, -0.25) is 4.79 Å². The molecule has 30 heavy (non-hydrogen) atoms. The van der Waals surface area contributed by atoms with Crippen LogP contribution in [0.5, 0.6) is 5.75 Å². The van der Waals surface area contributed by atoms with Crippen molar-refractivity contribution in [3.63, 3.8) is 0 Å². The Morgan fingerprint density at radius 2 is 1.73 bits per heavy atom. The van der Waals surface area contributed by atoms with Gasteiger partial charge in [0, 0.05) is 11.3 Å². The third kappa shape index (κ3) is 5.17. The fraction of sp³-hybridized carbons (Fsp3) is 0.130. The van der Waals surface area contributed by atoms with Crippen LogP contribution in [0, 0.1) is 0 Å². The first kappa shape index (κ1) is 21.4. The molecule has 0 aliphatic rings. The van der Waals surface area contributed by atoms with E-state index in [-0.39, 0.29) is 12.2 Å². The minimum absolute atomic E-state index is 0.130. The molecule has 0 aromatic heterocycles. The van der Waals surface area contributed by atoms with Gasteiger partial charge in [-0.25, -0.2) is 4.79 Å². The van der Waals surface area contributed by atoms with Crippen molar-refractivity contribution < 1.29 is 24.2 Å². The monoisotopic (exact) mass is 425 g/mol. The van der Waals surface area contributed by atoms with Crippen LogP contribution in [0.15, 0.2) is 72.8 Å². The highest BCUT2D eigenvalue weighted by atomic mass is 35.5. The quantitative estimate of drug-likeness (QED) is 0.549. The van der Waals surface area contributed by atoms with E-state index in [1.807, 2.05) is 0 Å². The Kier molecular flexibility index (Phi) is 7.06. The number of hydrogen-bond acceptors (Lipinski definition) is 5. The van der Waals surface area contributed by atoms with Crippen molar-refractivity contribution in [1.82, 2.24) is 0 Å². The van der Waals surface area contributed by atoms with Crippen molar-refractivity contribution in [3.05, 3.63) is 94.5 Å². The number of aliphatic hydroxyl groups excluding tert-OH is 1. The van der Waals surface area contributed by atoms with Crippen molar-refractivity contribution in [2.45, 2.75) is 12.7 Å². The molecular formula is C23H20ClNO5. The summed E-state index contributed by atoms with van der Waals surface area (Å²) in [5.74, 6) is -0.703. The fourth-order valence-electron chi connectivity index (χ4n) is 2.77. The van der Waals surface area contributed by atoms with Crippen LogP contribution in [0.3, 0.4) is 0 Å². The highest BCUT2D eigenvalue weighted by Crippen LogP contribution is 2.28. The van der Waals surface area contributed by atoms with E-state index in [9.17, 15) is 9.59 Å². The molecule has 1 unspecified atom stereocenters. The maximum atomic E-state index is 13.0. The number of amides is 1. The maximum Gasteiger partial charge on any atom is 0.339 e. The summed E-state index contributed by atoms with van der Waals surface area (Å²) in [5, 5.41) is 12.2. The lowest BCUT2D eigenvalue weighted by atomic mass is 10.1. The van der Waals surface area contributed by atoms with E-state index in [0.717, 1.165) is 0 Å². The van der Waals surface area contributed by atoms with Crippen LogP contribution in [-0.2, 0) is 16.1 Å². The Hall–Kier alpha value is -3.35. The molecule has 0 saturated carbocycles. The topological polar surface area (TPSA) is 84.9 Å². The molecule has 2 N–H and O–H groups in total. The first-order chi connectivity index (χ1) is 14.5. The van der Waals surface area contributed by atoms with Crippen molar-refractivity contribution in [1.29, 1.82) is 0 Å². The number of carbonyl (C=O) groups is 2. The smallest absolute Gasteiger partial charge is 0.339 e. The van der Waals surface area contributed by atoms with E-state index in [2.05, 4.69) is 5.32 Å². The average molecular weight is 426 g/mol. The third-order valence-electron chi connectivity index (χ3n) is 4.36.